The molecule has 0 aliphatic carbocycles. The molecule has 0 unspecified atom stereocenters. The first-order chi connectivity index (χ1) is 12.8. The van der Waals surface area contributed by atoms with Crippen LogP contribution in [0.1, 0.15) is 21.5 Å². The molecule has 144 valence electrons. The number of sulfonamides is 1. The Labute approximate surface area is 160 Å². The number of aryl methyl sites for hydroxylation is 2. The van der Waals surface area contributed by atoms with E-state index in [1.165, 1.54) is 10.4 Å². The molecule has 0 atom stereocenters. The summed E-state index contributed by atoms with van der Waals surface area (Å²) in [6.07, 6.45) is 0. The van der Waals surface area contributed by atoms with Gasteiger partial charge in [-0.3, -0.25) is 4.79 Å². The van der Waals surface area contributed by atoms with E-state index in [-0.39, 0.29) is 10.8 Å². The molecule has 1 saturated heterocycles. The van der Waals surface area contributed by atoms with Crippen LogP contribution in [0.4, 0.5) is 5.69 Å². The summed E-state index contributed by atoms with van der Waals surface area (Å²) < 4.78 is 27.6. The van der Waals surface area contributed by atoms with Gasteiger partial charge in [0.2, 0.25) is 10.0 Å². The third kappa shape index (κ3) is 4.37. The number of rotatable bonds is 4. The van der Waals surface area contributed by atoms with E-state index in [0.29, 0.717) is 43.0 Å². The molecule has 1 aliphatic heterocycles. The average molecular weight is 388 g/mol. The van der Waals surface area contributed by atoms with Crippen LogP contribution in [0.5, 0.6) is 0 Å². The minimum absolute atomic E-state index is 0.198. The van der Waals surface area contributed by atoms with Gasteiger partial charge >= 0.3 is 0 Å². The van der Waals surface area contributed by atoms with Gasteiger partial charge in [-0.15, -0.1) is 0 Å². The summed E-state index contributed by atoms with van der Waals surface area (Å²) in [6.45, 7) is 6.01. The van der Waals surface area contributed by atoms with Crippen molar-refractivity contribution >= 4 is 21.6 Å². The van der Waals surface area contributed by atoms with Crippen molar-refractivity contribution in [3.05, 3.63) is 59.2 Å². The molecule has 1 fully saturated rings. The van der Waals surface area contributed by atoms with E-state index in [1.807, 2.05) is 32.2 Å². The zero-order valence-electron chi connectivity index (χ0n) is 15.9. The first kappa shape index (κ1) is 19.5. The molecule has 2 aromatic rings. The largest absolute Gasteiger partial charge is 0.322 e. The number of piperazine rings is 1. The van der Waals surface area contributed by atoms with Crippen LogP contribution in [-0.4, -0.2) is 56.8 Å². The van der Waals surface area contributed by atoms with Crippen molar-refractivity contribution in [1.29, 1.82) is 0 Å². The molecule has 2 aromatic carbocycles. The van der Waals surface area contributed by atoms with Gasteiger partial charge in [0.25, 0.3) is 5.91 Å². The summed E-state index contributed by atoms with van der Waals surface area (Å²) in [7, 11) is -1.65. The Morgan fingerprint density at radius 2 is 1.70 bits per heavy atom. The lowest BCUT2D eigenvalue weighted by Gasteiger charge is -2.32. The molecule has 27 heavy (non-hydrogen) atoms. The van der Waals surface area contributed by atoms with Crippen molar-refractivity contribution < 1.29 is 13.2 Å². The second-order valence-electron chi connectivity index (χ2n) is 7.01. The van der Waals surface area contributed by atoms with E-state index in [1.54, 1.807) is 25.1 Å². The fourth-order valence-corrected chi connectivity index (χ4v) is 4.79. The summed E-state index contributed by atoms with van der Waals surface area (Å²) in [5, 5.41) is 2.83. The van der Waals surface area contributed by atoms with Crippen LogP contribution in [-0.2, 0) is 10.0 Å². The van der Waals surface area contributed by atoms with Crippen molar-refractivity contribution in [2.75, 3.05) is 38.5 Å². The molecule has 3 rings (SSSR count). The Bertz CT molecular complexity index is 949. The number of amides is 1. The zero-order chi connectivity index (χ0) is 19.6. The molecular formula is C20H25N3O3S. The van der Waals surface area contributed by atoms with Crippen LogP contribution in [0.15, 0.2) is 47.4 Å². The van der Waals surface area contributed by atoms with Crippen LogP contribution in [0.2, 0.25) is 0 Å². The molecule has 0 radical (unpaired) electrons. The highest BCUT2D eigenvalue weighted by Gasteiger charge is 2.29. The summed E-state index contributed by atoms with van der Waals surface area (Å²) in [4.78, 5) is 14.9. The summed E-state index contributed by atoms with van der Waals surface area (Å²) in [5.41, 5.74) is 2.69. The second kappa shape index (κ2) is 7.80. The predicted molar refractivity (Wildman–Crippen MR) is 107 cm³/mol. The van der Waals surface area contributed by atoms with E-state index < -0.39 is 10.0 Å². The van der Waals surface area contributed by atoms with Crippen molar-refractivity contribution in [2.45, 2.75) is 18.7 Å². The number of nitrogens with zero attached hydrogens (tertiary/aromatic N) is 2. The summed E-state index contributed by atoms with van der Waals surface area (Å²) in [5.74, 6) is -0.324. The number of hydrogen-bond acceptors (Lipinski definition) is 4. The number of carbonyl (C=O) groups excluding carboxylic acids is 1. The van der Waals surface area contributed by atoms with E-state index >= 15 is 0 Å². The molecule has 0 spiro atoms. The molecular weight excluding hydrogens is 362 g/mol. The highest BCUT2D eigenvalue weighted by Crippen LogP contribution is 2.23. The molecule has 7 heteroatoms. The van der Waals surface area contributed by atoms with Crippen LogP contribution < -0.4 is 5.32 Å². The summed E-state index contributed by atoms with van der Waals surface area (Å²) >= 11 is 0. The van der Waals surface area contributed by atoms with Gasteiger partial charge in [0.1, 0.15) is 0 Å². The fourth-order valence-electron chi connectivity index (χ4n) is 3.11. The molecule has 0 bridgehead atoms. The van der Waals surface area contributed by atoms with Gasteiger partial charge in [-0.1, -0.05) is 18.2 Å². The smallest absolute Gasteiger partial charge is 0.255 e. The van der Waals surface area contributed by atoms with E-state index in [4.69, 9.17) is 0 Å². The van der Waals surface area contributed by atoms with Crippen molar-refractivity contribution in [3.63, 3.8) is 0 Å². The van der Waals surface area contributed by atoms with Gasteiger partial charge in [-0.25, -0.2) is 8.42 Å². The molecule has 1 heterocycles. The van der Waals surface area contributed by atoms with E-state index in [2.05, 4.69) is 10.2 Å². The van der Waals surface area contributed by atoms with Gasteiger partial charge in [0.15, 0.2) is 0 Å². The quantitative estimate of drug-likeness (QED) is 0.875. The number of hydrogen-bond donors (Lipinski definition) is 1. The number of carbonyl (C=O) groups is 1. The molecule has 1 amide bonds. The minimum Gasteiger partial charge on any atom is -0.322 e. The maximum Gasteiger partial charge on any atom is 0.255 e. The minimum atomic E-state index is -3.63. The lowest BCUT2D eigenvalue weighted by molar-refractivity contribution is 0.102. The monoisotopic (exact) mass is 387 g/mol. The Hall–Kier alpha value is -2.22. The Kier molecular flexibility index (Phi) is 5.64. The number of benzene rings is 2. The van der Waals surface area contributed by atoms with Gasteiger partial charge < -0.3 is 10.2 Å². The fraction of sp³-hybridized carbons (Fsp3) is 0.350. The molecule has 6 nitrogen and oxygen atoms in total. The van der Waals surface area contributed by atoms with Crippen molar-refractivity contribution in [2.24, 2.45) is 0 Å². The molecule has 0 saturated carbocycles. The topological polar surface area (TPSA) is 69.7 Å². The van der Waals surface area contributed by atoms with Crippen molar-refractivity contribution in [3.8, 4) is 0 Å². The highest BCUT2D eigenvalue weighted by atomic mass is 32.2. The van der Waals surface area contributed by atoms with Gasteiger partial charge in [-0.05, 0) is 56.3 Å². The van der Waals surface area contributed by atoms with Crippen molar-refractivity contribution in [1.82, 2.24) is 9.21 Å². The van der Waals surface area contributed by atoms with E-state index in [9.17, 15) is 13.2 Å². The number of nitrogens with one attached hydrogen (secondary N) is 1. The van der Waals surface area contributed by atoms with Crippen LogP contribution in [0.3, 0.4) is 0 Å². The van der Waals surface area contributed by atoms with E-state index in [0.717, 1.165) is 5.56 Å². The average Bonchev–Trinajstić information content (AvgIpc) is 2.62. The Morgan fingerprint density at radius 3 is 2.37 bits per heavy atom. The number of anilines is 1. The maximum atomic E-state index is 13.1. The highest BCUT2D eigenvalue weighted by molar-refractivity contribution is 7.89. The second-order valence-corrected chi connectivity index (χ2v) is 8.92. The molecule has 0 aromatic heterocycles. The lowest BCUT2D eigenvalue weighted by Crippen LogP contribution is -2.47. The molecule has 1 N–H and O–H groups in total. The number of likely N-dealkylation sites (N-methyl/N-ethyl adjacent to an activating group) is 1. The van der Waals surface area contributed by atoms with Gasteiger partial charge in [-0.2, -0.15) is 4.31 Å². The third-order valence-electron chi connectivity index (χ3n) is 4.81. The third-order valence-corrected chi connectivity index (χ3v) is 6.85. The lowest BCUT2D eigenvalue weighted by atomic mass is 10.1. The maximum absolute atomic E-state index is 13.1. The first-order valence-corrected chi connectivity index (χ1v) is 10.4. The standard InChI is InChI=1S/C20H25N3O3S/c1-15-5-4-6-18(13-15)21-20(24)17-8-7-16(2)19(14-17)27(25,26)23-11-9-22(3)10-12-23/h4-8,13-14H,9-12H2,1-3H3,(H,21,24). The van der Waals surface area contributed by atoms with Crippen LogP contribution in [0, 0.1) is 13.8 Å². The normalized spacial score (nSPS) is 16.3. The van der Waals surface area contributed by atoms with Gasteiger partial charge in [0, 0.05) is 37.4 Å². The van der Waals surface area contributed by atoms with Crippen LogP contribution >= 0.6 is 0 Å². The SMILES string of the molecule is Cc1cccc(NC(=O)c2ccc(C)c(S(=O)(=O)N3CCN(C)CC3)c2)c1. The summed E-state index contributed by atoms with van der Waals surface area (Å²) in [6, 6.07) is 12.3. The Balaban J connectivity index is 1.86. The molecule has 1 aliphatic rings. The Morgan fingerprint density at radius 1 is 1.00 bits per heavy atom. The zero-order valence-corrected chi connectivity index (χ0v) is 16.7. The van der Waals surface area contributed by atoms with Crippen LogP contribution in [0.25, 0.3) is 0 Å². The first-order valence-electron chi connectivity index (χ1n) is 8.95. The predicted octanol–water partition coefficient (Wildman–Crippen LogP) is 2.49. The van der Waals surface area contributed by atoms with Gasteiger partial charge in [0.05, 0.1) is 4.90 Å².